The quantitative estimate of drug-likeness (QED) is 0.539. The van der Waals surface area contributed by atoms with E-state index in [0.29, 0.717) is 0 Å². The highest BCUT2D eigenvalue weighted by atomic mass is 15.1. The van der Waals surface area contributed by atoms with Crippen LogP contribution in [0.4, 0.5) is 0 Å². The van der Waals surface area contributed by atoms with Gasteiger partial charge in [-0.15, -0.1) is 0 Å². The minimum atomic E-state index is 1.16. The number of likely N-dealkylation sites (N-methyl/N-ethyl adjacent to an activating group) is 1. The number of hydrogen-bond acceptors (Lipinski definition) is 1. The highest BCUT2D eigenvalue weighted by Crippen LogP contribution is 1.99. The molecule has 0 unspecified atom stereocenters. The molecule has 0 aliphatic heterocycles. The third-order valence-corrected chi connectivity index (χ3v) is 1.14. The third-order valence-electron chi connectivity index (χ3n) is 1.14. The molecule has 0 saturated carbocycles. The van der Waals surface area contributed by atoms with E-state index in [1.54, 1.807) is 6.08 Å². The fourth-order valence-electron chi connectivity index (χ4n) is 0.645. The summed E-state index contributed by atoms with van der Waals surface area (Å²) in [4.78, 5) is 2.04. The lowest BCUT2D eigenvalue weighted by Crippen LogP contribution is -2.08. The Morgan fingerprint density at radius 1 is 1.40 bits per heavy atom. The molecule has 0 atom stereocenters. The van der Waals surface area contributed by atoms with Gasteiger partial charge in [0.05, 0.1) is 0 Å². The highest BCUT2D eigenvalue weighted by molar-refractivity contribution is 5.20. The van der Waals surface area contributed by atoms with Crippen molar-refractivity contribution in [3.63, 3.8) is 0 Å². The predicted molar refractivity (Wildman–Crippen MR) is 46.8 cm³/mol. The average molecular weight is 137 g/mol. The number of allylic oxidation sites excluding steroid dienone is 4. The second kappa shape index (κ2) is 4.86. The van der Waals surface area contributed by atoms with Gasteiger partial charge in [0.2, 0.25) is 0 Å². The zero-order valence-corrected chi connectivity index (χ0v) is 6.96. The molecule has 0 rings (SSSR count). The van der Waals surface area contributed by atoms with Crippen LogP contribution in [0.2, 0.25) is 0 Å². The summed E-state index contributed by atoms with van der Waals surface area (Å²) in [7, 11) is 4.02. The van der Waals surface area contributed by atoms with Crippen LogP contribution in [-0.4, -0.2) is 19.0 Å². The molecule has 1 nitrogen and oxygen atoms in total. The monoisotopic (exact) mass is 137 g/mol. The smallest absolute Gasteiger partial charge is 0.0357 e. The van der Waals surface area contributed by atoms with Gasteiger partial charge in [-0.2, -0.15) is 0 Å². The molecule has 0 radical (unpaired) electrons. The van der Waals surface area contributed by atoms with Gasteiger partial charge in [-0.05, 0) is 19.1 Å². The first-order valence-corrected chi connectivity index (χ1v) is 3.35. The van der Waals surface area contributed by atoms with Crippen molar-refractivity contribution >= 4 is 0 Å². The largest absolute Gasteiger partial charge is 0.378 e. The summed E-state index contributed by atoms with van der Waals surface area (Å²) in [5.74, 6) is 0. The topological polar surface area (TPSA) is 3.24 Å². The Morgan fingerprint density at radius 3 is 2.30 bits per heavy atom. The molecular weight excluding hydrogens is 122 g/mol. The van der Waals surface area contributed by atoms with E-state index < -0.39 is 0 Å². The Hall–Kier alpha value is -0.980. The molecule has 0 bridgehead atoms. The van der Waals surface area contributed by atoms with Crippen LogP contribution in [0.3, 0.4) is 0 Å². The van der Waals surface area contributed by atoms with Gasteiger partial charge in [0.15, 0.2) is 0 Å². The zero-order chi connectivity index (χ0) is 7.98. The van der Waals surface area contributed by atoms with Crippen molar-refractivity contribution in [2.45, 2.75) is 6.92 Å². The summed E-state index contributed by atoms with van der Waals surface area (Å²) in [6.07, 6.45) is 7.81. The molecule has 56 valence electrons. The molecular formula is C9H15N. The molecule has 0 aromatic heterocycles. The first-order chi connectivity index (χ1) is 4.72. The van der Waals surface area contributed by atoms with Gasteiger partial charge < -0.3 is 4.90 Å². The molecule has 0 aliphatic rings. The van der Waals surface area contributed by atoms with E-state index in [2.05, 4.69) is 6.58 Å². The van der Waals surface area contributed by atoms with Crippen molar-refractivity contribution in [3.8, 4) is 0 Å². The zero-order valence-electron chi connectivity index (χ0n) is 6.96. The SMILES string of the molecule is C=C/C=C(/C=C/C)N(C)C. The molecule has 0 aliphatic carbocycles. The van der Waals surface area contributed by atoms with Gasteiger partial charge in [-0.25, -0.2) is 0 Å². The van der Waals surface area contributed by atoms with Crippen molar-refractivity contribution in [1.82, 2.24) is 4.90 Å². The van der Waals surface area contributed by atoms with Crippen LogP contribution in [0, 0.1) is 0 Å². The standard InChI is InChI=1S/C9H15N/c1-5-7-9(8-6-2)10(3)4/h5-8H,1H2,2-4H3/b8-6+,9-7-. The predicted octanol–water partition coefficient (Wildman–Crippen LogP) is 2.19. The molecule has 0 N–H and O–H groups in total. The molecule has 10 heavy (non-hydrogen) atoms. The first-order valence-electron chi connectivity index (χ1n) is 3.35. The maximum atomic E-state index is 3.63. The third kappa shape index (κ3) is 3.13. The lowest BCUT2D eigenvalue weighted by atomic mass is 10.3. The number of hydrogen-bond donors (Lipinski definition) is 0. The molecule has 0 aromatic carbocycles. The summed E-state index contributed by atoms with van der Waals surface area (Å²) in [6, 6.07) is 0. The van der Waals surface area contributed by atoms with Gasteiger partial charge in [0, 0.05) is 19.8 Å². The fraction of sp³-hybridized carbons (Fsp3) is 0.333. The normalized spacial score (nSPS) is 12.1. The van der Waals surface area contributed by atoms with Crippen molar-refractivity contribution in [2.75, 3.05) is 14.1 Å². The Morgan fingerprint density at radius 2 is 2.00 bits per heavy atom. The summed E-state index contributed by atoms with van der Waals surface area (Å²) in [6.45, 7) is 5.63. The summed E-state index contributed by atoms with van der Waals surface area (Å²) >= 11 is 0. The first kappa shape index (κ1) is 9.02. The highest BCUT2D eigenvalue weighted by Gasteiger charge is 1.89. The van der Waals surface area contributed by atoms with Crippen LogP contribution in [-0.2, 0) is 0 Å². The molecule has 1 heteroatoms. The number of rotatable bonds is 3. The second-order valence-corrected chi connectivity index (χ2v) is 2.22. The van der Waals surface area contributed by atoms with Gasteiger partial charge >= 0.3 is 0 Å². The van der Waals surface area contributed by atoms with Crippen molar-refractivity contribution in [1.29, 1.82) is 0 Å². The molecule has 0 fully saturated rings. The Labute approximate surface area is 63.3 Å². The van der Waals surface area contributed by atoms with Crippen molar-refractivity contribution in [3.05, 3.63) is 36.6 Å². The van der Waals surface area contributed by atoms with E-state index in [0.717, 1.165) is 5.70 Å². The van der Waals surface area contributed by atoms with Crippen LogP contribution < -0.4 is 0 Å². The van der Waals surface area contributed by atoms with Crippen LogP contribution in [0.1, 0.15) is 6.92 Å². The van der Waals surface area contributed by atoms with Crippen LogP contribution in [0.15, 0.2) is 36.6 Å². The minimum Gasteiger partial charge on any atom is -0.378 e. The lowest BCUT2D eigenvalue weighted by Gasteiger charge is -2.12. The van der Waals surface area contributed by atoms with E-state index in [-0.39, 0.29) is 0 Å². The van der Waals surface area contributed by atoms with E-state index in [9.17, 15) is 0 Å². The maximum absolute atomic E-state index is 3.63. The number of nitrogens with zero attached hydrogens (tertiary/aromatic N) is 1. The Bertz CT molecular complexity index is 152. The van der Waals surface area contributed by atoms with Crippen LogP contribution >= 0.6 is 0 Å². The summed E-state index contributed by atoms with van der Waals surface area (Å²) in [5, 5.41) is 0. The van der Waals surface area contributed by atoms with Gasteiger partial charge in [0.1, 0.15) is 0 Å². The van der Waals surface area contributed by atoms with Crippen molar-refractivity contribution < 1.29 is 0 Å². The van der Waals surface area contributed by atoms with Crippen LogP contribution in [0.25, 0.3) is 0 Å². The molecule has 0 amide bonds. The fourth-order valence-corrected chi connectivity index (χ4v) is 0.645. The average Bonchev–Trinajstić information content (AvgIpc) is 1.87. The summed E-state index contributed by atoms with van der Waals surface area (Å²) < 4.78 is 0. The van der Waals surface area contributed by atoms with Gasteiger partial charge in [0.25, 0.3) is 0 Å². The van der Waals surface area contributed by atoms with Gasteiger partial charge in [-0.1, -0.05) is 18.7 Å². The second-order valence-electron chi connectivity index (χ2n) is 2.22. The van der Waals surface area contributed by atoms with Crippen molar-refractivity contribution in [2.24, 2.45) is 0 Å². The van der Waals surface area contributed by atoms with E-state index in [1.165, 1.54) is 0 Å². The maximum Gasteiger partial charge on any atom is 0.0357 e. The van der Waals surface area contributed by atoms with E-state index in [4.69, 9.17) is 0 Å². The van der Waals surface area contributed by atoms with E-state index >= 15 is 0 Å². The van der Waals surface area contributed by atoms with Gasteiger partial charge in [-0.3, -0.25) is 0 Å². The Kier molecular flexibility index (Phi) is 4.38. The minimum absolute atomic E-state index is 1.16. The summed E-state index contributed by atoms with van der Waals surface area (Å²) in [5.41, 5.74) is 1.16. The van der Waals surface area contributed by atoms with E-state index in [1.807, 2.05) is 44.1 Å². The lowest BCUT2D eigenvalue weighted by molar-refractivity contribution is 0.530. The molecule has 0 heterocycles. The molecule has 0 spiro atoms. The molecule has 0 aromatic rings. The molecule has 0 saturated heterocycles. The Balaban J connectivity index is 4.25. The van der Waals surface area contributed by atoms with Crippen LogP contribution in [0.5, 0.6) is 0 Å².